The van der Waals surface area contributed by atoms with E-state index in [1.165, 1.54) is 11.0 Å². The minimum Gasteiger partial charge on any atom is -0.444 e. The van der Waals surface area contributed by atoms with Gasteiger partial charge in [-0.25, -0.2) is 14.0 Å². The number of carbonyl (C=O) groups excluding carboxylic acids is 3. The topological polar surface area (TPSA) is 140 Å². The van der Waals surface area contributed by atoms with Gasteiger partial charge in [-0.15, -0.1) is 0 Å². The summed E-state index contributed by atoms with van der Waals surface area (Å²) in [4.78, 5) is 43.5. The number of piperazine rings is 1. The van der Waals surface area contributed by atoms with E-state index >= 15 is 0 Å². The van der Waals surface area contributed by atoms with Crippen molar-refractivity contribution in [1.82, 2.24) is 10.2 Å². The number of hydrogen-bond donors (Lipinski definition) is 1. The molecular formula is C21H28FN7O5. The number of benzene rings is 1. The molecule has 1 aromatic rings. The first-order valence-electron chi connectivity index (χ1n) is 10.9. The third-order valence-corrected chi connectivity index (χ3v) is 5.22. The van der Waals surface area contributed by atoms with Crippen LogP contribution in [-0.4, -0.2) is 80.5 Å². The molecule has 1 atom stereocenters. The summed E-state index contributed by atoms with van der Waals surface area (Å²) in [6, 6.07) is 4.47. The Bertz CT molecular complexity index is 984. The molecule has 34 heavy (non-hydrogen) atoms. The van der Waals surface area contributed by atoms with E-state index < -0.39 is 29.7 Å². The molecule has 0 aliphatic carbocycles. The van der Waals surface area contributed by atoms with E-state index in [2.05, 4.69) is 15.3 Å². The first kappa shape index (κ1) is 24.9. The molecule has 2 aliphatic heterocycles. The van der Waals surface area contributed by atoms with Gasteiger partial charge in [-0.2, -0.15) is 0 Å². The molecule has 0 bridgehead atoms. The first-order chi connectivity index (χ1) is 16.1. The largest absolute Gasteiger partial charge is 0.444 e. The third kappa shape index (κ3) is 6.41. The number of alkyl carbamates (subject to hydrolysis) is 1. The van der Waals surface area contributed by atoms with Gasteiger partial charge in [0.1, 0.15) is 24.1 Å². The molecule has 2 fully saturated rings. The Labute approximate surface area is 196 Å². The molecule has 0 spiro atoms. The van der Waals surface area contributed by atoms with Crippen LogP contribution in [0.15, 0.2) is 23.3 Å². The predicted molar refractivity (Wildman–Crippen MR) is 121 cm³/mol. The Morgan fingerprint density at radius 2 is 2.00 bits per heavy atom. The predicted octanol–water partition coefficient (Wildman–Crippen LogP) is 2.63. The standard InChI is InChI=1S/C21H28FN7O5/c1-21(2,3)34-19(31)24-12-18(30)28-8-6-27(7-9-28)17-5-4-14(10-16(17)22)29-13-15(11-25-26-23)33-20(29)32/h4-5,10,15H,6-9,11-13H2,1-3H3,(H,24,31)/t15-/m0/s1. The van der Waals surface area contributed by atoms with Crippen LogP contribution in [-0.2, 0) is 14.3 Å². The monoisotopic (exact) mass is 477 g/mol. The van der Waals surface area contributed by atoms with E-state index in [-0.39, 0.29) is 25.5 Å². The van der Waals surface area contributed by atoms with E-state index in [9.17, 15) is 18.8 Å². The minimum absolute atomic E-state index is 0.00952. The van der Waals surface area contributed by atoms with E-state index in [1.54, 1.807) is 37.8 Å². The molecule has 184 valence electrons. The number of hydrogen-bond acceptors (Lipinski definition) is 7. The Morgan fingerprint density at radius 3 is 2.62 bits per heavy atom. The molecule has 3 amide bonds. The summed E-state index contributed by atoms with van der Waals surface area (Å²) in [6.45, 7) is 6.76. The highest BCUT2D eigenvalue weighted by atomic mass is 19.1. The highest BCUT2D eigenvalue weighted by Crippen LogP contribution is 2.28. The van der Waals surface area contributed by atoms with Crippen LogP contribution in [0.5, 0.6) is 0 Å². The average Bonchev–Trinajstić information content (AvgIpc) is 3.15. The maximum Gasteiger partial charge on any atom is 0.414 e. The van der Waals surface area contributed by atoms with Gasteiger partial charge in [0, 0.05) is 31.1 Å². The van der Waals surface area contributed by atoms with E-state index in [0.717, 1.165) is 0 Å². The van der Waals surface area contributed by atoms with Crippen molar-refractivity contribution in [1.29, 1.82) is 0 Å². The summed E-state index contributed by atoms with van der Waals surface area (Å²) in [5.41, 5.74) is 8.46. The van der Waals surface area contributed by atoms with Gasteiger partial charge in [0.2, 0.25) is 5.91 Å². The van der Waals surface area contributed by atoms with Crippen molar-refractivity contribution in [3.63, 3.8) is 0 Å². The Morgan fingerprint density at radius 1 is 1.29 bits per heavy atom. The van der Waals surface area contributed by atoms with Crippen molar-refractivity contribution >= 4 is 29.5 Å². The Kier molecular flexibility index (Phi) is 7.67. The maximum absolute atomic E-state index is 14.9. The smallest absolute Gasteiger partial charge is 0.414 e. The summed E-state index contributed by atoms with van der Waals surface area (Å²) in [6.07, 6.45) is -1.87. The molecule has 3 rings (SSSR count). The molecule has 0 aromatic heterocycles. The van der Waals surface area contributed by atoms with Gasteiger partial charge in [-0.3, -0.25) is 9.69 Å². The number of rotatable bonds is 6. The number of amides is 3. The number of ether oxygens (including phenoxy) is 2. The van der Waals surface area contributed by atoms with Gasteiger partial charge >= 0.3 is 12.2 Å². The lowest BCUT2D eigenvalue weighted by molar-refractivity contribution is -0.130. The van der Waals surface area contributed by atoms with Crippen molar-refractivity contribution in [3.05, 3.63) is 34.5 Å². The van der Waals surface area contributed by atoms with Gasteiger partial charge in [0.05, 0.1) is 24.5 Å². The zero-order valence-electron chi connectivity index (χ0n) is 19.4. The molecule has 1 aromatic carbocycles. The molecule has 0 unspecified atom stereocenters. The van der Waals surface area contributed by atoms with E-state index in [4.69, 9.17) is 15.0 Å². The van der Waals surface area contributed by atoms with E-state index in [1.807, 2.05) is 4.90 Å². The molecule has 0 radical (unpaired) electrons. The van der Waals surface area contributed by atoms with Crippen LogP contribution in [0.3, 0.4) is 0 Å². The number of nitrogens with zero attached hydrogens (tertiary/aromatic N) is 6. The van der Waals surface area contributed by atoms with Crippen molar-refractivity contribution in [2.45, 2.75) is 32.5 Å². The second kappa shape index (κ2) is 10.5. The number of halogens is 1. The fourth-order valence-corrected chi connectivity index (χ4v) is 3.65. The van der Waals surface area contributed by atoms with Crippen LogP contribution in [0.4, 0.5) is 25.4 Å². The lowest BCUT2D eigenvalue weighted by atomic mass is 10.2. The number of carbonyl (C=O) groups is 3. The van der Waals surface area contributed by atoms with Gasteiger partial charge in [0.25, 0.3) is 0 Å². The van der Waals surface area contributed by atoms with Crippen LogP contribution >= 0.6 is 0 Å². The van der Waals surface area contributed by atoms with Crippen LogP contribution in [0, 0.1) is 5.82 Å². The molecule has 1 N–H and O–H groups in total. The second-order valence-corrected chi connectivity index (χ2v) is 8.89. The maximum atomic E-state index is 14.9. The summed E-state index contributed by atoms with van der Waals surface area (Å²) < 4.78 is 25.1. The van der Waals surface area contributed by atoms with Gasteiger partial charge < -0.3 is 24.6 Å². The summed E-state index contributed by atoms with van der Waals surface area (Å²) in [5, 5.41) is 5.85. The fraction of sp³-hybridized carbons (Fsp3) is 0.571. The Balaban J connectivity index is 1.52. The van der Waals surface area contributed by atoms with Gasteiger partial charge in [-0.05, 0) is 44.5 Å². The van der Waals surface area contributed by atoms with Crippen molar-refractivity contribution < 1.29 is 28.2 Å². The molecule has 2 saturated heterocycles. The molecule has 2 aliphatic rings. The highest BCUT2D eigenvalue weighted by Gasteiger charge is 2.32. The molecular weight excluding hydrogens is 449 g/mol. The minimum atomic E-state index is -0.660. The number of cyclic esters (lactones) is 1. The van der Waals surface area contributed by atoms with Crippen LogP contribution < -0.4 is 15.1 Å². The molecule has 0 saturated carbocycles. The zero-order valence-corrected chi connectivity index (χ0v) is 19.4. The number of azide groups is 1. The van der Waals surface area contributed by atoms with Crippen LogP contribution in [0.1, 0.15) is 20.8 Å². The lowest BCUT2D eigenvalue weighted by Crippen LogP contribution is -2.51. The van der Waals surface area contributed by atoms with Gasteiger partial charge in [-0.1, -0.05) is 5.11 Å². The number of anilines is 2. The molecule has 2 heterocycles. The second-order valence-electron chi connectivity index (χ2n) is 8.89. The van der Waals surface area contributed by atoms with E-state index in [0.29, 0.717) is 37.6 Å². The molecule has 12 nitrogen and oxygen atoms in total. The first-order valence-corrected chi connectivity index (χ1v) is 10.9. The summed E-state index contributed by atoms with van der Waals surface area (Å²) in [7, 11) is 0. The van der Waals surface area contributed by atoms with Crippen molar-refractivity contribution in [3.8, 4) is 0 Å². The zero-order chi connectivity index (χ0) is 24.9. The molecule has 13 heteroatoms. The lowest BCUT2D eigenvalue weighted by Gasteiger charge is -2.36. The van der Waals surface area contributed by atoms with Crippen LogP contribution in [0.2, 0.25) is 0 Å². The highest BCUT2D eigenvalue weighted by molar-refractivity contribution is 5.90. The van der Waals surface area contributed by atoms with Crippen LogP contribution in [0.25, 0.3) is 10.4 Å². The third-order valence-electron chi connectivity index (χ3n) is 5.22. The average molecular weight is 477 g/mol. The van der Waals surface area contributed by atoms with Gasteiger partial charge in [0.15, 0.2) is 0 Å². The summed E-state index contributed by atoms with van der Waals surface area (Å²) in [5.74, 6) is -0.751. The fourth-order valence-electron chi connectivity index (χ4n) is 3.65. The SMILES string of the molecule is CC(C)(C)OC(=O)NCC(=O)N1CCN(c2ccc(N3C[C@H](CN=[N+]=[N-])OC3=O)cc2F)CC1. The Hall–Kier alpha value is -3.73. The summed E-state index contributed by atoms with van der Waals surface area (Å²) >= 11 is 0. The van der Waals surface area contributed by atoms with Crippen molar-refractivity contribution in [2.75, 3.05) is 55.6 Å². The van der Waals surface area contributed by atoms with Crippen molar-refractivity contribution in [2.24, 2.45) is 5.11 Å². The number of nitrogens with one attached hydrogen (secondary N) is 1. The normalized spacial score (nSPS) is 18.3. The quantitative estimate of drug-likeness (QED) is 0.379.